The van der Waals surface area contributed by atoms with E-state index in [2.05, 4.69) is 5.32 Å². The van der Waals surface area contributed by atoms with Gasteiger partial charge in [-0.1, -0.05) is 18.2 Å². The second-order valence-corrected chi connectivity index (χ2v) is 4.73. The van der Waals surface area contributed by atoms with Crippen molar-refractivity contribution in [2.45, 2.75) is 6.42 Å². The van der Waals surface area contributed by atoms with Crippen LogP contribution in [0.25, 0.3) is 0 Å². The molecule has 3 N–H and O–H groups in total. The third kappa shape index (κ3) is 4.50. The summed E-state index contributed by atoms with van der Waals surface area (Å²) in [6, 6.07) is 9.74. The summed E-state index contributed by atoms with van der Waals surface area (Å²) in [5, 5.41) is 13.7. The van der Waals surface area contributed by atoms with E-state index in [9.17, 15) is 23.5 Å². The van der Waals surface area contributed by atoms with Crippen LogP contribution in [0.15, 0.2) is 42.5 Å². The Balaban J connectivity index is 1.85. The molecule has 0 aliphatic carbocycles. The van der Waals surface area contributed by atoms with Gasteiger partial charge in [-0.05, 0) is 36.2 Å². The standard InChI is InChI=1S/C16H14F2N2O3/c17-12-5-2-6-13(14(12)18)20-16(23)15(22)19-8-7-10-3-1-4-11(21)9-10/h1-6,9,21H,7-8H2,(H,19,22)(H,20,23). The predicted molar refractivity (Wildman–Crippen MR) is 79.8 cm³/mol. The van der Waals surface area contributed by atoms with Crippen LogP contribution >= 0.6 is 0 Å². The van der Waals surface area contributed by atoms with E-state index in [0.29, 0.717) is 6.42 Å². The lowest BCUT2D eigenvalue weighted by molar-refractivity contribution is -0.136. The van der Waals surface area contributed by atoms with E-state index in [1.54, 1.807) is 12.1 Å². The maximum Gasteiger partial charge on any atom is 0.313 e. The Kier molecular flexibility index (Phi) is 5.24. The van der Waals surface area contributed by atoms with Gasteiger partial charge in [0.1, 0.15) is 5.75 Å². The Morgan fingerprint density at radius 2 is 1.78 bits per heavy atom. The number of hydrogen-bond donors (Lipinski definition) is 3. The Bertz CT molecular complexity index is 735. The molecule has 0 saturated carbocycles. The molecule has 0 aromatic heterocycles. The molecule has 2 amide bonds. The second kappa shape index (κ2) is 7.35. The van der Waals surface area contributed by atoms with Gasteiger partial charge in [-0.2, -0.15) is 0 Å². The molecule has 2 rings (SSSR count). The van der Waals surface area contributed by atoms with Crippen LogP contribution in [-0.2, 0) is 16.0 Å². The third-order valence-electron chi connectivity index (χ3n) is 3.02. The topological polar surface area (TPSA) is 78.4 Å². The monoisotopic (exact) mass is 320 g/mol. The largest absolute Gasteiger partial charge is 0.508 e. The average molecular weight is 320 g/mol. The number of aromatic hydroxyl groups is 1. The van der Waals surface area contributed by atoms with Crippen molar-refractivity contribution >= 4 is 17.5 Å². The maximum atomic E-state index is 13.4. The number of hydrogen-bond acceptors (Lipinski definition) is 3. The van der Waals surface area contributed by atoms with Crippen molar-refractivity contribution in [1.29, 1.82) is 0 Å². The van der Waals surface area contributed by atoms with Crippen molar-refractivity contribution in [3.8, 4) is 5.75 Å². The van der Waals surface area contributed by atoms with E-state index < -0.39 is 29.1 Å². The zero-order valence-electron chi connectivity index (χ0n) is 12.0. The van der Waals surface area contributed by atoms with Gasteiger partial charge in [-0.3, -0.25) is 9.59 Å². The van der Waals surface area contributed by atoms with Gasteiger partial charge in [0.15, 0.2) is 11.6 Å². The van der Waals surface area contributed by atoms with E-state index >= 15 is 0 Å². The SMILES string of the molecule is O=C(NCCc1cccc(O)c1)C(=O)Nc1cccc(F)c1F. The fraction of sp³-hybridized carbons (Fsp3) is 0.125. The van der Waals surface area contributed by atoms with E-state index in [0.717, 1.165) is 17.7 Å². The van der Waals surface area contributed by atoms with Gasteiger partial charge in [-0.25, -0.2) is 8.78 Å². The number of anilines is 1. The first-order valence-corrected chi connectivity index (χ1v) is 6.78. The number of carbonyl (C=O) groups is 2. The van der Waals surface area contributed by atoms with Gasteiger partial charge < -0.3 is 15.7 Å². The third-order valence-corrected chi connectivity index (χ3v) is 3.02. The van der Waals surface area contributed by atoms with E-state index in [4.69, 9.17) is 0 Å². The zero-order valence-corrected chi connectivity index (χ0v) is 12.0. The minimum atomic E-state index is -1.23. The Morgan fingerprint density at radius 1 is 1.04 bits per heavy atom. The number of nitrogens with one attached hydrogen (secondary N) is 2. The van der Waals surface area contributed by atoms with Crippen molar-refractivity contribution in [2.24, 2.45) is 0 Å². The highest BCUT2D eigenvalue weighted by atomic mass is 19.2. The first-order valence-electron chi connectivity index (χ1n) is 6.78. The van der Waals surface area contributed by atoms with Crippen LogP contribution in [0.4, 0.5) is 14.5 Å². The fourth-order valence-electron chi connectivity index (χ4n) is 1.89. The number of carbonyl (C=O) groups excluding carboxylic acids is 2. The Morgan fingerprint density at radius 3 is 2.52 bits per heavy atom. The van der Waals surface area contributed by atoms with Crippen LogP contribution in [0.5, 0.6) is 5.75 Å². The van der Waals surface area contributed by atoms with Gasteiger partial charge in [0, 0.05) is 6.54 Å². The van der Waals surface area contributed by atoms with Gasteiger partial charge >= 0.3 is 11.8 Å². The van der Waals surface area contributed by atoms with Crippen molar-refractivity contribution in [3.63, 3.8) is 0 Å². The average Bonchev–Trinajstić information content (AvgIpc) is 2.51. The van der Waals surface area contributed by atoms with Gasteiger partial charge in [0.05, 0.1) is 5.69 Å². The highest BCUT2D eigenvalue weighted by Crippen LogP contribution is 2.16. The molecule has 0 spiro atoms. The van der Waals surface area contributed by atoms with Crippen LogP contribution in [0.1, 0.15) is 5.56 Å². The predicted octanol–water partition coefficient (Wildman–Crippen LogP) is 1.97. The summed E-state index contributed by atoms with van der Waals surface area (Å²) in [6.45, 7) is 0.154. The zero-order chi connectivity index (χ0) is 16.8. The molecule has 0 fully saturated rings. The molecular formula is C16H14F2N2O3. The van der Waals surface area contributed by atoms with Crippen LogP contribution in [0, 0.1) is 11.6 Å². The van der Waals surface area contributed by atoms with Crippen molar-refractivity contribution in [3.05, 3.63) is 59.7 Å². The molecule has 23 heavy (non-hydrogen) atoms. The van der Waals surface area contributed by atoms with E-state index in [1.807, 2.05) is 5.32 Å². The molecule has 0 bridgehead atoms. The summed E-state index contributed by atoms with van der Waals surface area (Å²) in [5.74, 6) is -4.30. The lowest BCUT2D eigenvalue weighted by Gasteiger charge is -2.08. The molecule has 0 heterocycles. The molecule has 5 nitrogen and oxygen atoms in total. The Hall–Kier alpha value is -2.96. The van der Waals surface area contributed by atoms with Crippen molar-refractivity contribution in [1.82, 2.24) is 5.32 Å². The molecule has 0 radical (unpaired) electrons. The first-order chi connectivity index (χ1) is 11.0. The summed E-state index contributed by atoms with van der Waals surface area (Å²) in [5.41, 5.74) is 0.375. The molecule has 0 unspecified atom stereocenters. The molecule has 0 aliphatic rings. The number of amides is 2. The summed E-state index contributed by atoms with van der Waals surface area (Å²) in [4.78, 5) is 23.2. The molecule has 2 aromatic carbocycles. The molecule has 0 atom stereocenters. The number of halogens is 2. The summed E-state index contributed by atoms with van der Waals surface area (Å²) in [6.07, 6.45) is 0.405. The Labute approximate surface area is 130 Å². The smallest absolute Gasteiger partial charge is 0.313 e. The van der Waals surface area contributed by atoms with Crippen LogP contribution in [0.3, 0.4) is 0 Å². The lowest BCUT2D eigenvalue weighted by atomic mass is 10.1. The van der Waals surface area contributed by atoms with Crippen molar-refractivity contribution in [2.75, 3.05) is 11.9 Å². The number of phenols is 1. The normalized spacial score (nSPS) is 10.2. The summed E-state index contributed by atoms with van der Waals surface area (Å²) >= 11 is 0. The molecule has 7 heteroatoms. The van der Waals surface area contributed by atoms with Gasteiger partial charge in [-0.15, -0.1) is 0 Å². The quantitative estimate of drug-likeness (QED) is 0.754. The lowest BCUT2D eigenvalue weighted by Crippen LogP contribution is -2.36. The highest BCUT2D eigenvalue weighted by Gasteiger charge is 2.16. The van der Waals surface area contributed by atoms with Crippen LogP contribution in [0.2, 0.25) is 0 Å². The fourth-order valence-corrected chi connectivity index (χ4v) is 1.89. The first kappa shape index (κ1) is 16.4. The molecule has 0 aliphatic heterocycles. The van der Waals surface area contributed by atoms with Crippen LogP contribution < -0.4 is 10.6 Å². The number of rotatable bonds is 4. The van der Waals surface area contributed by atoms with Crippen LogP contribution in [-0.4, -0.2) is 23.5 Å². The van der Waals surface area contributed by atoms with Gasteiger partial charge in [0.25, 0.3) is 0 Å². The minimum Gasteiger partial charge on any atom is -0.508 e. The minimum absolute atomic E-state index is 0.105. The van der Waals surface area contributed by atoms with E-state index in [1.165, 1.54) is 18.2 Å². The number of phenolic OH excluding ortho intramolecular Hbond substituents is 1. The number of benzene rings is 2. The van der Waals surface area contributed by atoms with Crippen molar-refractivity contribution < 1.29 is 23.5 Å². The molecule has 2 aromatic rings. The van der Waals surface area contributed by atoms with E-state index in [-0.39, 0.29) is 12.3 Å². The van der Waals surface area contributed by atoms with Gasteiger partial charge in [0.2, 0.25) is 0 Å². The maximum absolute atomic E-state index is 13.4. The molecule has 0 saturated heterocycles. The highest BCUT2D eigenvalue weighted by molar-refractivity contribution is 6.39. The molecular weight excluding hydrogens is 306 g/mol. The summed E-state index contributed by atoms with van der Waals surface area (Å²) in [7, 11) is 0. The molecule has 120 valence electrons. The second-order valence-electron chi connectivity index (χ2n) is 4.73. The summed E-state index contributed by atoms with van der Waals surface area (Å²) < 4.78 is 26.4.